The topological polar surface area (TPSA) is 49.0 Å². The molecule has 0 bridgehead atoms. The summed E-state index contributed by atoms with van der Waals surface area (Å²) < 4.78 is 7.90. The Hall–Kier alpha value is -2.66. The lowest BCUT2D eigenvalue weighted by Gasteiger charge is -2.09. The number of methoxy groups -OCH3 is 1. The highest BCUT2D eigenvalue weighted by atomic mass is 16.5. The van der Waals surface area contributed by atoms with Gasteiger partial charge in [0, 0.05) is 19.7 Å². The van der Waals surface area contributed by atoms with Crippen LogP contribution in [-0.2, 0) is 18.5 Å². The van der Waals surface area contributed by atoms with Gasteiger partial charge in [-0.3, -0.25) is 4.57 Å². The molecular weight excluding hydrogens is 290 g/mol. The molecule has 2 aromatic carbocycles. The van der Waals surface area contributed by atoms with Crippen LogP contribution in [0.25, 0.3) is 22.5 Å². The van der Waals surface area contributed by atoms with Gasteiger partial charge in [0.1, 0.15) is 6.73 Å². The zero-order chi connectivity index (χ0) is 16.4. The van der Waals surface area contributed by atoms with Gasteiger partial charge >= 0.3 is 5.69 Å². The van der Waals surface area contributed by atoms with Crippen LogP contribution in [-0.4, -0.2) is 21.5 Å². The fourth-order valence-corrected chi connectivity index (χ4v) is 2.59. The van der Waals surface area contributed by atoms with Crippen molar-refractivity contribution < 1.29 is 4.74 Å². The smallest absolute Gasteiger partial charge is 0.348 e. The first-order chi connectivity index (χ1) is 11.1. The molecule has 0 amide bonds. The first kappa shape index (κ1) is 15.2. The second-order valence-corrected chi connectivity index (χ2v) is 5.49. The van der Waals surface area contributed by atoms with Gasteiger partial charge in [-0.1, -0.05) is 54.1 Å². The van der Waals surface area contributed by atoms with Gasteiger partial charge in [0.2, 0.25) is 0 Å². The third-order valence-corrected chi connectivity index (χ3v) is 3.82. The zero-order valence-electron chi connectivity index (χ0n) is 13.5. The van der Waals surface area contributed by atoms with Crippen LogP contribution in [0, 0.1) is 6.92 Å². The molecule has 0 aliphatic rings. The number of rotatable bonds is 4. The molecule has 0 radical (unpaired) electrons. The molecule has 0 aliphatic carbocycles. The maximum absolute atomic E-state index is 12.2. The highest BCUT2D eigenvalue weighted by Crippen LogP contribution is 2.30. The molecule has 3 rings (SSSR count). The van der Waals surface area contributed by atoms with Crippen LogP contribution < -0.4 is 5.69 Å². The Morgan fingerprint density at radius 2 is 1.70 bits per heavy atom. The predicted octanol–water partition coefficient (Wildman–Crippen LogP) is 2.83. The Labute approximate surface area is 134 Å². The second kappa shape index (κ2) is 6.22. The van der Waals surface area contributed by atoms with E-state index in [1.807, 2.05) is 24.3 Å². The summed E-state index contributed by atoms with van der Waals surface area (Å²) in [5, 5.41) is 4.42. The molecule has 0 aliphatic heterocycles. The third-order valence-electron chi connectivity index (χ3n) is 3.82. The summed E-state index contributed by atoms with van der Waals surface area (Å²) >= 11 is 0. The van der Waals surface area contributed by atoms with Crippen LogP contribution in [0.2, 0.25) is 0 Å². The normalized spacial score (nSPS) is 10.9. The molecule has 1 aromatic heterocycles. The average molecular weight is 309 g/mol. The number of benzene rings is 2. The van der Waals surface area contributed by atoms with Crippen molar-refractivity contribution in [2.45, 2.75) is 13.7 Å². The van der Waals surface area contributed by atoms with Gasteiger partial charge in [-0.25, -0.2) is 4.79 Å². The monoisotopic (exact) mass is 309 g/mol. The van der Waals surface area contributed by atoms with Crippen LogP contribution in [0.15, 0.2) is 53.3 Å². The van der Waals surface area contributed by atoms with Crippen LogP contribution in [0.4, 0.5) is 0 Å². The molecule has 0 saturated heterocycles. The Morgan fingerprint density at radius 3 is 2.35 bits per heavy atom. The van der Waals surface area contributed by atoms with E-state index in [0.29, 0.717) is 5.82 Å². The molecule has 0 spiro atoms. The predicted molar refractivity (Wildman–Crippen MR) is 90.1 cm³/mol. The molecule has 0 saturated carbocycles. The van der Waals surface area contributed by atoms with Crippen LogP contribution in [0.5, 0.6) is 0 Å². The summed E-state index contributed by atoms with van der Waals surface area (Å²) in [6.07, 6.45) is 0. The molecule has 0 fully saturated rings. The van der Waals surface area contributed by atoms with E-state index in [4.69, 9.17) is 4.74 Å². The number of hydrogen-bond donors (Lipinski definition) is 0. The number of hydrogen-bond acceptors (Lipinski definition) is 3. The lowest BCUT2D eigenvalue weighted by atomic mass is 9.98. The minimum Gasteiger partial charge on any atom is -0.362 e. The molecule has 1 heterocycles. The molecule has 5 nitrogen and oxygen atoms in total. The van der Waals surface area contributed by atoms with Crippen LogP contribution in [0.1, 0.15) is 5.56 Å². The summed E-state index contributed by atoms with van der Waals surface area (Å²) in [7, 11) is 3.27. The summed E-state index contributed by atoms with van der Waals surface area (Å²) in [5.41, 5.74) is 4.08. The molecule has 3 aromatic rings. The Balaban J connectivity index is 2.17. The molecule has 0 unspecified atom stereocenters. The van der Waals surface area contributed by atoms with Crippen molar-refractivity contribution >= 4 is 0 Å². The highest BCUT2D eigenvalue weighted by Gasteiger charge is 2.15. The summed E-state index contributed by atoms with van der Waals surface area (Å²) in [4.78, 5) is 12.2. The van der Waals surface area contributed by atoms with Crippen LogP contribution >= 0.6 is 0 Å². The van der Waals surface area contributed by atoms with E-state index in [9.17, 15) is 4.79 Å². The van der Waals surface area contributed by atoms with E-state index < -0.39 is 0 Å². The summed E-state index contributed by atoms with van der Waals surface area (Å²) in [5.74, 6) is 0.628. The molecule has 5 heteroatoms. The second-order valence-electron chi connectivity index (χ2n) is 5.49. The number of ether oxygens (including phenoxy) is 1. The van der Waals surface area contributed by atoms with Crippen molar-refractivity contribution in [3.05, 3.63) is 64.6 Å². The largest absolute Gasteiger partial charge is 0.362 e. The van der Waals surface area contributed by atoms with Gasteiger partial charge in [0.05, 0.1) is 0 Å². The Bertz CT molecular complexity index is 876. The van der Waals surface area contributed by atoms with E-state index in [1.165, 1.54) is 10.2 Å². The minimum atomic E-state index is -0.194. The highest BCUT2D eigenvalue weighted by molar-refractivity contribution is 5.80. The maximum Gasteiger partial charge on any atom is 0.348 e. The standard InChI is InChI=1S/C18H19N3O2/c1-13-8-10-14(11-9-13)15-6-4-5-7-16(15)17-19-21(12-23-3)18(22)20(17)2/h4-11H,12H2,1-3H3. The maximum atomic E-state index is 12.2. The van der Waals surface area contributed by atoms with E-state index >= 15 is 0 Å². The van der Waals surface area contributed by atoms with Crippen LogP contribution in [0.3, 0.4) is 0 Å². The SMILES string of the molecule is COCn1nc(-c2ccccc2-c2ccc(C)cc2)n(C)c1=O. The fourth-order valence-electron chi connectivity index (χ4n) is 2.59. The first-order valence-corrected chi connectivity index (χ1v) is 7.41. The molecule has 0 N–H and O–H groups in total. The third kappa shape index (κ3) is 2.83. The van der Waals surface area contributed by atoms with Gasteiger partial charge in [-0.05, 0) is 18.1 Å². The van der Waals surface area contributed by atoms with Gasteiger partial charge in [0.15, 0.2) is 5.82 Å². The van der Waals surface area contributed by atoms with Crippen molar-refractivity contribution in [3.63, 3.8) is 0 Å². The molecule has 23 heavy (non-hydrogen) atoms. The molecule has 118 valence electrons. The Kier molecular flexibility index (Phi) is 4.12. The van der Waals surface area contributed by atoms with E-state index in [1.54, 1.807) is 18.7 Å². The van der Waals surface area contributed by atoms with Gasteiger partial charge < -0.3 is 4.74 Å². The van der Waals surface area contributed by atoms with Crippen molar-refractivity contribution in [1.82, 2.24) is 14.3 Å². The van der Waals surface area contributed by atoms with Crippen molar-refractivity contribution in [1.29, 1.82) is 0 Å². The number of aryl methyl sites for hydroxylation is 1. The van der Waals surface area contributed by atoms with Gasteiger partial charge in [0.25, 0.3) is 0 Å². The lowest BCUT2D eigenvalue weighted by Crippen LogP contribution is -2.23. The number of nitrogens with zero attached hydrogens (tertiary/aromatic N) is 3. The van der Waals surface area contributed by atoms with E-state index in [-0.39, 0.29) is 12.4 Å². The van der Waals surface area contributed by atoms with E-state index in [2.05, 4.69) is 36.3 Å². The quantitative estimate of drug-likeness (QED) is 0.744. The van der Waals surface area contributed by atoms with Gasteiger partial charge in [-0.15, -0.1) is 5.10 Å². The zero-order valence-corrected chi connectivity index (χ0v) is 13.5. The molecule has 0 atom stereocenters. The van der Waals surface area contributed by atoms with Crippen molar-refractivity contribution in [2.75, 3.05) is 7.11 Å². The number of aromatic nitrogens is 3. The summed E-state index contributed by atoms with van der Waals surface area (Å²) in [6, 6.07) is 16.3. The minimum absolute atomic E-state index is 0.138. The summed E-state index contributed by atoms with van der Waals surface area (Å²) in [6.45, 7) is 2.20. The lowest BCUT2D eigenvalue weighted by molar-refractivity contribution is 0.117. The van der Waals surface area contributed by atoms with Crippen molar-refractivity contribution in [2.24, 2.45) is 7.05 Å². The van der Waals surface area contributed by atoms with Gasteiger partial charge in [-0.2, -0.15) is 4.68 Å². The first-order valence-electron chi connectivity index (χ1n) is 7.41. The Morgan fingerprint density at radius 1 is 1.04 bits per heavy atom. The average Bonchev–Trinajstić information content (AvgIpc) is 2.84. The van der Waals surface area contributed by atoms with Crippen molar-refractivity contribution in [3.8, 4) is 22.5 Å². The fraction of sp³-hybridized carbons (Fsp3) is 0.222. The molecular formula is C18H19N3O2. The van der Waals surface area contributed by atoms with E-state index in [0.717, 1.165) is 16.7 Å².